The zero-order chi connectivity index (χ0) is 13.7. The summed E-state index contributed by atoms with van der Waals surface area (Å²) in [4.78, 5) is 25.9. The zero-order valence-corrected chi connectivity index (χ0v) is 11.7. The van der Waals surface area contributed by atoms with Gasteiger partial charge in [0, 0.05) is 12.6 Å². The van der Waals surface area contributed by atoms with Crippen molar-refractivity contribution in [2.45, 2.75) is 57.0 Å². The third-order valence-corrected chi connectivity index (χ3v) is 4.15. The van der Waals surface area contributed by atoms with E-state index in [2.05, 4.69) is 5.32 Å². The normalized spacial score (nSPS) is 27.9. The SMILES string of the molecule is COC(=O)CC1CCCCN1C(=O)[C@H]1CCCCN1. The molecule has 108 valence electrons. The van der Waals surface area contributed by atoms with Crippen molar-refractivity contribution < 1.29 is 14.3 Å². The number of methoxy groups -OCH3 is 1. The summed E-state index contributed by atoms with van der Waals surface area (Å²) in [6.07, 6.45) is 6.54. The van der Waals surface area contributed by atoms with E-state index in [1.54, 1.807) is 0 Å². The Morgan fingerprint density at radius 2 is 2.00 bits per heavy atom. The molecule has 1 unspecified atom stereocenters. The minimum Gasteiger partial charge on any atom is -0.469 e. The summed E-state index contributed by atoms with van der Waals surface area (Å²) in [5.41, 5.74) is 0. The van der Waals surface area contributed by atoms with E-state index in [-0.39, 0.29) is 24.0 Å². The quantitative estimate of drug-likeness (QED) is 0.778. The highest BCUT2D eigenvalue weighted by Crippen LogP contribution is 2.22. The number of likely N-dealkylation sites (tertiary alicyclic amines) is 1. The van der Waals surface area contributed by atoms with E-state index in [0.717, 1.165) is 51.6 Å². The van der Waals surface area contributed by atoms with E-state index < -0.39 is 0 Å². The minimum atomic E-state index is -0.221. The molecule has 5 heteroatoms. The van der Waals surface area contributed by atoms with Gasteiger partial charge in [0.1, 0.15) is 0 Å². The zero-order valence-electron chi connectivity index (χ0n) is 11.7. The van der Waals surface area contributed by atoms with E-state index in [4.69, 9.17) is 4.74 Å². The van der Waals surface area contributed by atoms with Gasteiger partial charge < -0.3 is 15.0 Å². The summed E-state index contributed by atoms with van der Waals surface area (Å²) in [5.74, 6) is -0.0467. The van der Waals surface area contributed by atoms with Crippen LogP contribution >= 0.6 is 0 Å². The molecule has 2 atom stereocenters. The molecule has 0 bridgehead atoms. The van der Waals surface area contributed by atoms with Crippen molar-refractivity contribution in [1.82, 2.24) is 10.2 Å². The highest BCUT2D eigenvalue weighted by atomic mass is 16.5. The number of amides is 1. The lowest BCUT2D eigenvalue weighted by atomic mass is 9.96. The lowest BCUT2D eigenvalue weighted by molar-refractivity contribution is -0.145. The van der Waals surface area contributed by atoms with Gasteiger partial charge in [-0.05, 0) is 38.6 Å². The van der Waals surface area contributed by atoms with E-state index in [1.807, 2.05) is 4.90 Å². The van der Waals surface area contributed by atoms with E-state index in [1.165, 1.54) is 7.11 Å². The Bertz CT molecular complexity index is 327. The number of piperidine rings is 2. The van der Waals surface area contributed by atoms with E-state index >= 15 is 0 Å². The third-order valence-electron chi connectivity index (χ3n) is 4.15. The predicted molar refractivity (Wildman–Crippen MR) is 71.6 cm³/mol. The average Bonchev–Trinajstić information content (AvgIpc) is 2.48. The molecule has 1 amide bonds. The topological polar surface area (TPSA) is 58.6 Å². The summed E-state index contributed by atoms with van der Waals surface area (Å²) in [6, 6.07) is -0.0237. The Morgan fingerprint density at radius 1 is 1.21 bits per heavy atom. The van der Waals surface area contributed by atoms with Crippen LogP contribution in [0.4, 0.5) is 0 Å². The second-order valence-electron chi connectivity index (χ2n) is 5.46. The van der Waals surface area contributed by atoms with Gasteiger partial charge in [-0.15, -0.1) is 0 Å². The van der Waals surface area contributed by atoms with Crippen LogP contribution in [0.3, 0.4) is 0 Å². The van der Waals surface area contributed by atoms with Crippen molar-refractivity contribution in [3.8, 4) is 0 Å². The van der Waals surface area contributed by atoms with Gasteiger partial charge in [0.05, 0.1) is 19.6 Å². The Hall–Kier alpha value is -1.10. The molecule has 0 radical (unpaired) electrons. The van der Waals surface area contributed by atoms with Crippen LogP contribution in [-0.4, -0.2) is 49.1 Å². The second kappa shape index (κ2) is 6.89. The summed E-state index contributed by atoms with van der Waals surface area (Å²) in [6.45, 7) is 1.70. The molecule has 2 heterocycles. The van der Waals surface area contributed by atoms with Crippen molar-refractivity contribution in [1.29, 1.82) is 0 Å². The first kappa shape index (κ1) is 14.3. The molecule has 1 N–H and O–H groups in total. The molecular formula is C14H24N2O3. The van der Waals surface area contributed by atoms with Crippen molar-refractivity contribution in [3.05, 3.63) is 0 Å². The molecule has 2 aliphatic rings. The molecule has 19 heavy (non-hydrogen) atoms. The monoisotopic (exact) mass is 268 g/mol. The highest BCUT2D eigenvalue weighted by molar-refractivity contribution is 5.83. The van der Waals surface area contributed by atoms with Gasteiger partial charge in [-0.25, -0.2) is 0 Å². The summed E-state index contributed by atoms with van der Waals surface area (Å²) >= 11 is 0. The van der Waals surface area contributed by atoms with Gasteiger partial charge in [0.15, 0.2) is 0 Å². The molecule has 2 saturated heterocycles. The van der Waals surface area contributed by atoms with Crippen molar-refractivity contribution >= 4 is 11.9 Å². The molecule has 0 aromatic rings. The number of esters is 1. The first-order chi connectivity index (χ1) is 9.22. The van der Waals surface area contributed by atoms with E-state index in [0.29, 0.717) is 6.42 Å². The average molecular weight is 268 g/mol. The van der Waals surface area contributed by atoms with Gasteiger partial charge >= 0.3 is 5.97 Å². The first-order valence-corrected chi connectivity index (χ1v) is 7.33. The number of rotatable bonds is 3. The maximum Gasteiger partial charge on any atom is 0.307 e. The fourth-order valence-electron chi connectivity index (χ4n) is 3.04. The van der Waals surface area contributed by atoms with Crippen LogP contribution in [0, 0.1) is 0 Å². The summed E-state index contributed by atoms with van der Waals surface area (Å²) < 4.78 is 4.73. The molecule has 2 fully saturated rings. The van der Waals surface area contributed by atoms with Crippen molar-refractivity contribution in [3.63, 3.8) is 0 Å². The summed E-state index contributed by atoms with van der Waals surface area (Å²) in [5, 5.41) is 3.30. The number of carbonyl (C=O) groups is 2. The van der Waals surface area contributed by atoms with Crippen LogP contribution in [0.15, 0.2) is 0 Å². The third kappa shape index (κ3) is 3.69. The Kier molecular flexibility index (Phi) is 5.19. The number of nitrogens with zero attached hydrogens (tertiary/aromatic N) is 1. The molecule has 0 aromatic carbocycles. The van der Waals surface area contributed by atoms with Crippen LogP contribution in [0.25, 0.3) is 0 Å². The van der Waals surface area contributed by atoms with Crippen LogP contribution < -0.4 is 5.32 Å². The van der Waals surface area contributed by atoms with Crippen LogP contribution in [-0.2, 0) is 14.3 Å². The first-order valence-electron chi connectivity index (χ1n) is 7.33. The fourth-order valence-corrected chi connectivity index (χ4v) is 3.04. The molecule has 0 aromatic heterocycles. The van der Waals surface area contributed by atoms with Gasteiger partial charge in [0.25, 0.3) is 0 Å². The van der Waals surface area contributed by atoms with Crippen molar-refractivity contribution in [2.75, 3.05) is 20.2 Å². The highest BCUT2D eigenvalue weighted by Gasteiger charge is 2.33. The Balaban J connectivity index is 1.97. The maximum atomic E-state index is 12.5. The molecular weight excluding hydrogens is 244 g/mol. The molecule has 5 nitrogen and oxygen atoms in total. The largest absolute Gasteiger partial charge is 0.469 e. The van der Waals surface area contributed by atoms with E-state index in [9.17, 15) is 9.59 Å². The smallest absolute Gasteiger partial charge is 0.307 e. The molecule has 0 saturated carbocycles. The number of hydrogen-bond donors (Lipinski definition) is 1. The second-order valence-corrected chi connectivity index (χ2v) is 5.46. The fraction of sp³-hybridized carbons (Fsp3) is 0.857. The Labute approximate surface area is 114 Å². The van der Waals surface area contributed by atoms with Gasteiger partial charge in [-0.3, -0.25) is 9.59 Å². The van der Waals surface area contributed by atoms with Gasteiger partial charge in [-0.2, -0.15) is 0 Å². The standard InChI is InChI=1S/C14H24N2O3/c1-19-13(17)10-11-6-3-5-9-16(11)14(18)12-7-2-4-8-15-12/h11-12,15H,2-10H2,1H3/t11?,12-/m1/s1. The predicted octanol–water partition coefficient (Wildman–Crippen LogP) is 1.07. The lowest BCUT2D eigenvalue weighted by Crippen LogP contribution is -2.53. The Morgan fingerprint density at radius 3 is 2.68 bits per heavy atom. The lowest BCUT2D eigenvalue weighted by Gasteiger charge is -2.38. The van der Waals surface area contributed by atoms with Crippen LogP contribution in [0.5, 0.6) is 0 Å². The minimum absolute atomic E-state index is 0.0254. The molecule has 2 rings (SSSR count). The maximum absolute atomic E-state index is 12.5. The van der Waals surface area contributed by atoms with Gasteiger partial charge in [-0.1, -0.05) is 6.42 Å². The van der Waals surface area contributed by atoms with Gasteiger partial charge in [0.2, 0.25) is 5.91 Å². The molecule has 0 aliphatic carbocycles. The number of hydrogen-bond acceptors (Lipinski definition) is 4. The molecule has 2 aliphatic heterocycles. The van der Waals surface area contributed by atoms with Crippen LogP contribution in [0.2, 0.25) is 0 Å². The van der Waals surface area contributed by atoms with Crippen LogP contribution in [0.1, 0.15) is 44.9 Å². The summed E-state index contributed by atoms with van der Waals surface area (Å²) in [7, 11) is 1.40. The number of ether oxygens (including phenoxy) is 1. The number of nitrogens with one attached hydrogen (secondary N) is 1. The number of carbonyl (C=O) groups excluding carboxylic acids is 2. The van der Waals surface area contributed by atoms with Crippen molar-refractivity contribution in [2.24, 2.45) is 0 Å². The molecule has 0 spiro atoms.